The normalized spacial score (nSPS) is 18.1. The molecule has 0 radical (unpaired) electrons. The van der Waals surface area contributed by atoms with E-state index in [2.05, 4.69) is 0 Å². The molecule has 1 amide bonds. The average molecular weight is 391 g/mol. The van der Waals surface area contributed by atoms with E-state index in [0.29, 0.717) is 5.69 Å². The molecule has 2 atom stereocenters. The third-order valence-corrected chi connectivity index (χ3v) is 4.98. The number of anilines is 1. The van der Waals surface area contributed by atoms with Crippen LogP contribution in [0.3, 0.4) is 0 Å². The zero-order valence-electron chi connectivity index (χ0n) is 15.5. The summed E-state index contributed by atoms with van der Waals surface area (Å²) < 4.78 is 33.2. The molecule has 146 valence electrons. The summed E-state index contributed by atoms with van der Waals surface area (Å²) in [6.07, 6.45) is -1.96. The Labute approximate surface area is 167 Å². The van der Waals surface area contributed by atoms with Gasteiger partial charge in [-0.25, -0.2) is 0 Å². The SMILES string of the molecule is O=C1[C@H](C(OCc2ccccc2)=C(F)F)[C@@H](c2ccccc2)N1c1ccccc1. The number of halogens is 2. The van der Waals surface area contributed by atoms with Crippen LogP contribution in [0.1, 0.15) is 17.2 Å². The highest BCUT2D eigenvalue weighted by atomic mass is 19.3. The van der Waals surface area contributed by atoms with Gasteiger partial charge in [-0.15, -0.1) is 0 Å². The largest absolute Gasteiger partial charge is 0.487 e. The van der Waals surface area contributed by atoms with Gasteiger partial charge in [0.25, 0.3) is 0 Å². The summed E-state index contributed by atoms with van der Waals surface area (Å²) in [4.78, 5) is 14.5. The third-order valence-electron chi connectivity index (χ3n) is 4.98. The van der Waals surface area contributed by atoms with Crippen molar-refractivity contribution in [2.45, 2.75) is 12.6 Å². The maximum absolute atomic E-state index is 13.8. The molecule has 0 spiro atoms. The van der Waals surface area contributed by atoms with Gasteiger partial charge in [0.1, 0.15) is 12.5 Å². The third kappa shape index (κ3) is 3.76. The van der Waals surface area contributed by atoms with Gasteiger partial charge in [-0.3, -0.25) is 4.79 Å². The fraction of sp³-hybridized carbons (Fsp3) is 0.125. The highest BCUT2D eigenvalue weighted by Crippen LogP contribution is 2.48. The van der Waals surface area contributed by atoms with Crippen molar-refractivity contribution in [3.8, 4) is 0 Å². The number of nitrogens with zero attached hydrogens (tertiary/aromatic N) is 1. The van der Waals surface area contributed by atoms with Crippen LogP contribution >= 0.6 is 0 Å². The maximum Gasteiger partial charge on any atom is 0.308 e. The molecular weight excluding hydrogens is 372 g/mol. The molecule has 29 heavy (non-hydrogen) atoms. The first-order valence-corrected chi connectivity index (χ1v) is 9.32. The number of para-hydroxylation sites is 1. The molecule has 1 heterocycles. The van der Waals surface area contributed by atoms with Crippen LogP contribution in [0.5, 0.6) is 0 Å². The minimum atomic E-state index is -1.96. The van der Waals surface area contributed by atoms with Crippen LogP contribution in [0.2, 0.25) is 0 Å². The summed E-state index contributed by atoms with van der Waals surface area (Å²) in [6.45, 7) is -0.0237. The van der Waals surface area contributed by atoms with Gasteiger partial charge in [-0.05, 0) is 23.3 Å². The lowest BCUT2D eigenvalue weighted by atomic mass is 9.80. The van der Waals surface area contributed by atoms with E-state index >= 15 is 0 Å². The number of ether oxygens (including phenoxy) is 1. The van der Waals surface area contributed by atoms with Crippen molar-refractivity contribution in [3.63, 3.8) is 0 Å². The summed E-state index contributed by atoms with van der Waals surface area (Å²) in [5.74, 6) is -2.02. The summed E-state index contributed by atoms with van der Waals surface area (Å²) in [5.41, 5.74) is 2.21. The number of hydrogen-bond donors (Lipinski definition) is 0. The van der Waals surface area contributed by atoms with Gasteiger partial charge >= 0.3 is 6.08 Å². The summed E-state index contributed by atoms with van der Waals surface area (Å²) in [5, 5.41) is 0. The van der Waals surface area contributed by atoms with E-state index < -0.39 is 29.7 Å². The molecule has 3 nitrogen and oxygen atoms in total. The van der Waals surface area contributed by atoms with E-state index in [-0.39, 0.29) is 6.61 Å². The average Bonchev–Trinajstić information content (AvgIpc) is 2.76. The van der Waals surface area contributed by atoms with E-state index in [0.717, 1.165) is 11.1 Å². The van der Waals surface area contributed by atoms with Gasteiger partial charge in [0.05, 0.1) is 6.04 Å². The monoisotopic (exact) mass is 391 g/mol. The van der Waals surface area contributed by atoms with Crippen LogP contribution in [-0.2, 0) is 16.1 Å². The molecule has 4 rings (SSSR count). The van der Waals surface area contributed by atoms with Crippen LogP contribution in [0.15, 0.2) is 103 Å². The second-order valence-corrected chi connectivity index (χ2v) is 6.78. The van der Waals surface area contributed by atoms with E-state index in [9.17, 15) is 13.6 Å². The lowest BCUT2D eigenvalue weighted by molar-refractivity contribution is -0.131. The van der Waals surface area contributed by atoms with Crippen LogP contribution in [0.4, 0.5) is 14.5 Å². The molecule has 0 saturated carbocycles. The van der Waals surface area contributed by atoms with Crippen LogP contribution < -0.4 is 4.90 Å². The van der Waals surface area contributed by atoms with Crippen LogP contribution in [0.25, 0.3) is 0 Å². The van der Waals surface area contributed by atoms with E-state index in [1.165, 1.54) is 0 Å². The minimum absolute atomic E-state index is 0.0237. The second-order valence-electron chi connectivity index (χ2n) is 6.78. The molecule has 1 saturated heterocycles. The lowest BCUT2D eigenvalue weighted by Crippen LogP contribution is -2.56. The van der Waals surface area contributed by atoms with Crippen molar-refractivity contribution >= 4 is 11.6 Å². The minimum Gasteiger partial charge on any atom is -0.487 e. The first-order chi connectivity index (χ1) is 14.2. The van der Waals surface area contributed by atoms with Gasteiger partial charge in [-0.1, -0.05) is 78.9 Å². The van der Waals surface area contributed by atoms with E-state index in [1.807, 2.05) is 66.7 Å². The second kappa shape index (κ2) is 8.27. The summed E-state index contributed by atoms with van der Waals surface area (Å²) >= 11 is 0. The Hall–Kier alpha value is -3.47. The standard InChI is InChI=1S/C24H19F2NO2/c25-23(26)22(29-16-17-10-4-1-5-11-17)20-21(18-12-6-2-7-13-18)27(24(20)28)19-14-8-3-9-15-19/h1-15,20-21H,16H2/t20-,21+/m0/s1. The van der Waals surface area contributed by atoms with Crippen molar-refractivity contribution in [2.24, 2.45) is 5.92 Å². The molecule has 0 N–H and O–H groups in total. The van der Waals surface area contributed by atoms with Gasteiger partial charge in [0.15, 0.2) is 5.76 Å². The molecule has 0 aromatic heterocycles. The molecule has 3 aromatic carbocycles. The Balaban J connectivity index is 1.66. The Bertz CT molecular complexity index is 1000. The van der Waals surface area contributed by atoms with Crippen molar-refractivity contribution < 1.29 is 18.3 Å². The Morgan fingerprint density at radius 2 is 1.38 bits per heavy atom. The topological polar surface area (TPSA) is 29.5 Å². The summed E-state index contributed by atoms with van der Waals surface area (Å²) in [6, 6.07) is 26.8. The fourth-order valence-corrected chi connectivity index (χ4v) is 3.61. The van der Waals surface area contributed by atoms with Gasteiger partial charge < -0.3 is 9.64 Å². The van der Waals surface area contributed by atoms with Crippen LogP contribution in [-0.4, -0.2) is 5.91 Å². The van der Waals surface area contributed by atoms with Crippen molar-refractivity contribution in [1.29, 1.82) is 0 Å². The molecule has 0 aliphatic carbocycles. The molecule has 5 heteroatoms. The molecular formula is C24H19F2NO2. The first kappa shape index (κ1) is 18.9. The maximum atomic E-state index is 13.8. The number of rotatable bonds is 6. The predicted molar refractivity (Wildman–Crippen MR) is 107 cm³/mol. The number of amides is 1. The van der Waals surface area contributed by atoms with Crippen molar-refractivity contribution in [3.05, 3.63) is 114 Å². The number of carbonyl (C=O) groups excluding carboxylic acids is 1. The first-order valence-electron chi connectivity index (χ1n) is 9.32. The molecule has 1 aliphatic heterocycles. The highest BCUT2D eigenvalue weighted by molar-refractivity contribution is 6.04. The van der Waals surface area contributed by atoms with E-state index in [4.69, 9.17) is 4.74 Å². The van der Waals surface area contributed by atoms with Crippen molar-refractivity contribution in [1.82, 2.24) is 0 Å². The predicted octanol–water partition coefficient (Wildman–Crippen LogP) is 5.72. The smallest absolute Gasteiger partial charge is 0.308 e. The Morgan fingerprint density at radius 1 is 0.828 bits per heavy atom. The number of hydrogen-bond acceptors (Lipinski definition) is 2. The zero-order chi connectivity index (χ0) is 20.2. The van der Waals surface area contributed by atoms with Crippen molar-refractivity contribution in [2.75, 3.05) is 4.90 Å². The van der Waals surface area contributed by atoms with Gasteiger partial charge in [0.2, 0.25) is 5.91 Å². The molecule has 0 unspecified atom stereocenters. The Morgan fingerprint density at radius 3 is 1.97 bits per heavy atom. The van der Waals surface area contributed by atoms with E-state index in [1.54, 1.807) is 29.2 Å². The van der Waals surface area contributed by atoms with Gasteiger partial charge in [-0.2, -0.15) is 8.78 Å². The van der Waals surface area contributed by atoms with Crippen LogP contribution in [0, 0.1) is 5.92 Å². The number of carbonyl (C=O) groups is 1. The quantitative estimate of drug-likeness (QED) is 0.398. The molecule has 1 fully saturated rings. The molecule has 0 bridgehead atoms. The molecule has 3 aromatic rings. The lowest BCUT2D eigenvalue weighted by Gasteiger charge is -2.47. The van der Waals surface area contributed by atoms with Gasteiger partial charge in [0, 0.05) is 5.69 Å². The summed E-state index contributed by atoms with van der Waals surface area (Å²) in [7, 11) is 0. The molecule has 1 aliphatic rings. The zero-order valence-corrected chi connectivity index (χ0v) is 15.5. The highest BCUT2D eigenvalue weighted by Gasteiger charge is 2.53. The fourth-order valence-electron chi connectivity index (χ4n) is 3.61. The number of β-lactam (4-membered cyclic amide) rings is 1. The number of benzene rings is 3. The Kier molecular flexibility index (Phi) is 5.38.